The Morgan fingerprint density at radius 1 is 1.47 bits per heavy atom. The predicted octanol–water partition coefficient (Wildman–Crippen LogP) is 1.94. The summed E-state index contributed by atoms with van der Waals surface area (Å²) in [5.41, 5.74) is 8.21. The molecule has 0 heterocycles. The Hall–Kier alpha value is -1.12. The van der Waals surface area contributed by atoms with E-state index in [1.807, 2.05) is 6.08 Å². The first kappa shape index (κ1) is 12.0. The highest BCUT2D eigenvalue weighted by Crippen LogP contribution is 2.07. The minimum absolute atomic E-state index is 0.694. The number of aryl methyl sites for hydroxylation is 1. The summed E-state index contributed by atoms with van der Waals surface area (Å²) < 4.78 is 0. The largest absolute Gasteiger partial charge is 0.329 e. The number of hydrogen-bond acceptors (Lipinski definition) is 2. The second kappa shape index (κ2) is 6.38. The van der Waals surface area contributed by atoms with Crippen molar-refractivity contribution in [1.82, 2.24) is 4.90 Å². The van der Waals surface area contributed by atoms with E-state index in [-0.39, 0.29) is 0 Å². The van der Waals surface area contributed by atoms with Crippen LogP contribution in [0.15, 0.2) is 36.9 Å². The number of rotatable bonds is 6. The summed E-state index contributed by atoms with van der Waals surface area (Å²) in [5, 5.41) is 0. The molecule has 0 bridgehead atoms. The van der Waals surface area contributed by atoms with Gasteiger partial charge in [0.1, 0.15) is 0 Å². The second-order valence-corrected chi connectivity index (χ2v) is 3.80. The van der Waals surface area contributed by atoms with Crippen LogP contribution in [0.5, 0.6) is 0 Å². The third kappa shape index (κ3) is 4.28. The van der Waals surface area contributed by atoms with E-state index in [4.69, 9.17) is 5.73 Å². The number of nitrogens with two attached hydrogens (primary N) is 1. The third-order valence-electron chi connectivity index (χ3n) is 2.32. The molecule has 0 aliphatic heterocycles. The Balaban J connectivity index is 2.60. The molecule has 1 aromatic carbocycles. The van der Waals surface area contributed by atoms with Crippen molar-refractivity contribution in [2.45, 2.75) is 13.5 Å². The number of hydrogen-bond donors (Lipinski definition) is 1. The molecule has 0 saturated carbocycles. The van der Waals surface area contributed by atoms with Gasteiger partial charge < -0.3 is 5.73 Å². The van der Waals surface area contributed by atoms with Crippen molar-refractivity contribution < 1.29 is 0 Å². The molecule has 0 amide bonds. The Morgan fingerprint density at radius 3 is 2.87 bits per heavy atom. The molecule has 2 N–H and O–H groups in total. The van der Waals surface area contributed by atoms with Crippen LogP contribution in [0.4, 0.5) is 0 Å². The lowest BCUT2D eigenvalue weighted by molar-refractivity contribution is 0.303. The first-order chi connectivity index (χ1) is 7.26. The van der Waals surface area contributed by atoms with E-state index in [9.17, 15) is 0 Å². The quantitative estimate of drug-likeness (QED) is 0.718. The van der Waals surface area contributed by atoms with Crippen molar-refractivity contribution in [2.75, 3.05) is 19.6 Å². The first-order valence-corrected chi connectivity index (χ1v) is 5.35. The second-order valence-electron chi connectivity index (χ2n) is 3.80. The molecule has 0 spiro atoms. The average Bonchev–Trinajstić information content (AvgIpc) is 2.18. The fourth-order valence-corrected chi connectivity index (χ4v) is 1.67. The van der Waals surface area contributed by atoms with Crippen molar-refractivity contribution in [3.05, 3.63) is 48.0 Å². The zero-order valence-electron chi connectivity index (χ0n) is 9.45. The summed E-state index contributed by atoms with van der Waals surface area (Å²) in [5.74, 6) is 0. The average molecular weight is 204 g/mol. The normalized spacial score (nSPS) is 10.6. The maximum Gasteiger partial charge on any atom is 0.0237 e. The van der Waals surface area contributed by atoms with Gasteiger partial charge in [0.25, 0.3) is 0 Å². The monoisotopic (exact) mass is 204 g/mol. The van der Waals surface area contributed by atoms with Gasteiger partial charge in [0.2, 0.25) is 0 Å². The minimum Gasteiger partial charge on any atom is -0.329 e. The summed E-state index contributed by atoms with van der Waals surface area (Å²) in [7, 11) is 0. The fraction of sp³-hybridized carbons (Fsp3) is 0.385. The first-order valence-electron chi connectivity index (χ1n) is 5.35. The molecule has 0 aromatic heterocycles. The Morgan fingerprint density at radius 2 is 2.27 bits per heavy atom. The van der Waals surface area contributed by atoms with Crippen LogP contribution in [-0.2, 0) is 6.54 Å². The number of benzene rings is 1. The zero-order valence-corrected chi connectivity index (χ0v) is 9.45. The molecule has 0 aliphatic rings. The van der Waals surface area contributed by atoms with Crippen LogP contribution < -0.4 is 5.73 Å². The van der Waals surface area contributed by atoms with Crippen molar-refractivity contribution in [2.24, 2.45) is 5.73 Å². The predicted molar refractivity (Wildman–Crippen MR) is 65.7 cm³/mol. The molecule has 2 nitrogen and oxygen atoms in total. The van der Waals surface area contributed by atoms with Gasteiger partial charge >= 0.3 is 0 Å². The van der Waals surface area contributed by atoms with E-state index in [0.29, 0.717) is 6.54 Å². The van der Waals surface area contributed by atoms with Crippen LogP contribution in [-0.4, -0.2) is 24.5 Å². The molecule has 0 saturated heterocycles. The van der Waals surface area contributed by atoms with Gasteiger partial charge in [-0.2, -0.15) is 0 Å². The maximum absolute atomic E-state index is 5.57. The molecule has 0 radical (unpaired) electrons. The third-order valence-corrected chi connectivity index (χ3v) is 2.32. The van der Waals surface area contributed by atoms with Gasteiger partial charge in [-0.1, -0.05) is 35.9 Å². The number of nitrogens with zero attached hydrogens (tertiary/aromatic N) is 1. The SMILES string of the molecule is C=CCN(CCN)Cc1cccc(C)c1. The molecule has 0 fully saturated rings. The van der Waals surface area contributed by atoms with Gasteiger partial charge in [-0.05, 0) is 12.5 Å². The Kier molecular flexibility index (Phi) is 5.08. The van der Waals surface area contributed by atoms with Gasteiger partial charge in [-0.25, -0.2) is 0 Å². The molecule has 0 aliphatic carbocycles. The van der Waals surface area contributed by atoms with E-state index >= 15 is 0 Å². The standard InChI is InChI=1S/C13H20N2/c1-3-8-15(9-7-14)11-13-6-4-5-12(2)10-13/h3-6,10H,1,7-9,11,14H2,2H3. The highest BCUT2D eigenvalue weighted by atomic mass is 15.1. The lowest BCUT2D eigenvalue weighted by Gasteiger charge is -2.19. The lowest BCUT2D eigenvalue weighted by Crippen LogP contribution is -2.29. The summed E-state index contributed by atoms with van der Waals surface area (Å²) >= 11 is 0. The fourth-order valence-electron chi connectivity index (χ4n) is 1.67. The molecule has 1 rings (SSSR count). The summed E-state index contributed by atoms with van der Waals surface area (Å²) in [6.07, 6.45) is 1.92. The molecular weight excluding hydrogens is 184 g/mol. The molecule has 0 unspecified atom stereocenters. The molecule has 2 heteroatoms. The zero-order chi connectivity index (χ0) is 11.1. The Labute approximate surface area is 92.4 Å². The van der Waals surface area contributed by atoms with Gasteiger partial charge in [-0.3, -0.25) is 4.90 Å². The van der Waals surface area contributed by atoms with Crippen LogP contribution in [0.25, 0.3) is 0 Å². The van der Waals surface area contributed by atoms with Crippen LogP contribution in [0.3, 0.4) is 0 Å². The van der Waals surface area contributed by atoms with Crippen molar-refractivity contribution >= 4 is 0 Å². The molecule has 1 aromatic rings. The van der Waals surface area contributed by atoms with Gasteiger partial charge in [0, 0.05) is 26.2 Å². The van der Waals surface area contributed by atoms with Crippen molar-refractivity contribution in [3.63, 3.8) is 0 Å². The summed E-state index contributed by atoms with van der Waals surface area (Å²) in [4.78, 5) is 2.29. The molecular formula is C13H20N2. The van der Waals surface area contributed by atoms with Crippen LogP contribution in [0.1, 0.15) is 11.1 Å². The molecule has 0 atom stereocenters. The molecule has 15 heavy (non-hydrogen) atoms. The van der Waals surface area contributed by atoms with Crippen molar-refractivity contribution in [3.8, 4) is 0 Å². The highest BCUT2D eigenvalue weighted by Gasteiger charge is 2.02. The van der Waals surface area contributed by atoms with E-state index in [1.54, 1.807) is 0 Å². The van der Waals surface area contributed by atoms with Gasteiger partial charge in [0.05, 0.1) is 0 Å². The topological polar surface area (TPSA) is 29.3 Å². The van der Waals surface area contributed by atoms with E-state index in [1.165, 1.54) is 11.1 Å². The van der Waals surface area contributed by atoms with Gasteiger partial charge in [-0.15, -0.1) is 6.58 Å². The van der Waals surface area contributed by atoms with Crippen LogP contribution in [0.2, 0.25) is 0 Å². The maximum atomic E-state index is 5.57. The minimum atomic E-state index is 0.694. The highest BCUT2D eigenvalue weighted by molar-refractivity contribution is 5.22. The molecule has 82 valence electrons. The summed E-state index contributed by atoms with van der Waals surface area (Å²) in [6.45, 7) is 9.33. The lowest BCUT2D eigenvalue weighted by atomic mass is 10.1. The smallest absolute Gasteiger partial charge is 0.0237 e. The van der Waals surface area contributed by atoms with Crippen LogP contribution in [0, 0.1) is 6.92 Å². The van der Waals surface area contributed by atoms with E-state index in [2.05, 4.69) is 42.7 Å². The summed E-state index contributed by atoms with van der Waals surface area (Å²) in [6, 6.07) is 8.58. The van der Waals surface area contributed by atoms with Crippen LogP contribution >= 0.6 is 0 Å². The Bertz CT molecular complexity index is 307. The van der Waals surface area contributed by atoms with Gasteiger partial charge in [0.15, 0.2) is 0 Å². The van der Waals surface area contributed by atoms with E-state index < -0.39 is 0 Å². The van der Waals surface area contributed by atoms with E-state index in [0.717, 1.165) is 19.6 Å². The van der Waals surface area contributed by atoms with Crippen molar-refractivity contribution in [1.29, 1.82) is 0 Å².